The zero-order valence-electron chi connectivity index (χ0n) is 8.71. The van der Waals surface area contributed by atoms with E-state index in [2.05, 4.69) is 9.78 Å². The van der Waals surface area contributed by atoms with Gasteiger partial charge in [-0.05, 0) is 18.2 Å². The van der Waals surface area contributed by atoms with E-state index < -0.39 is 5.97 Å². The van der Waals surface area contributed by atoms with E-state index in [0.717, 1.165) is 0 Å². The van der Waals surface area contributed by atoms with Crippen molar-refractivity contribution in [1.29, 1.82) is 0 Å². The fraction of sp³-hybridized carbons (Fsp3) is 0.125. The third-order valence-corrected chi connectivity index (χ3v) is 1.67. The van der Waals surface area contributed by atoms with E-state index in [1.165, 1.54) is 19.1 Å². The summed E-state index contributed by atoms with van der Waals surface area (Å²) in [6.45, 7) is 1.23. The molecule has 0 amide bonds. The Bertz CT molecular complexity index is 336. The Morgan fingerprint density at radius 1 is 1.43 bits per heavy atom. The summed E-state index contributed by atoms with van der Waals surface area (Å²) >= 11 is 11.3. The van der Waals surface area contributed by atoms with Gasteiger partial charge in [-0.15, -0.1) is 0 Å². The number of hydrogen-bond acceptors (Lipinski definition) is 3. The van der Waals surface area contributed by atoms with Crippen LogP contribution in [0.4, 0.5) is 0 Å². The molecule has 0 aromatic heterocycles. The van der Waals surface area contributed by atoms with Crippen molar-refractivity contribution in [2.45, 2.75) is 6.92 Å². The summed E-state index contributed by atoms with van der Waals surface area (Å²) in [6, 6.07) is 4.57. The maximum atomic E-state index is 10.4. The second-order valence-corrected chi connectivity index (χ2v) is 3.08. The van der Waals surface area contributed by atoms with Crippen LogP contribution < -0.4 is 56.3 Å². The van der Waals surface area contributed by atoms with Gasteiger partial charge in [-0.3, -0.25) is 9.78 Å². The van der Waals surface area contributed by atoms with E-state index in [-0.39, 0.29) is 63.6 Å². The Kier molecular flexibility index (Phi) is 7.41. The van der Waals surface area contributed by atoms with E-state index in [9.17, 15) is 4.79 Å². The van der Waals surface area contributed by atoms with E-state index in [4.69, 9.17) is 23.2 Å². The fourth-order valence-corrected chi connectivity index (χ4v) is 1.09. The molecule has 0 aliphatic heterocycles. The molecule has 1 aromatic rings. The van der Waals surface area contributed by atoms with Crippen LogP contribution >= 0.6 is 23.2 Å². The zero-order valence-corrected chi connectivity index (χ0v) is 12.3. The van der Waals surface area contributed by atoms with Crippen LogP contribution in [0.15, 0.2) is 18.2 Å². The standard InChI is InChI=1S/C8H6Cl2O3.K.H/c1-5(11)12-13-8-3-2-6(9)4-7(8)10;;/h2-4H,1H3;;/q;+1;-1. The second-order valence-electron chi connectivity index (χ2n) is 2.23. The first-order valence-electron chi connectivity index (χ1n) is 3.40. The second kappa shape index (κ2) is 7.06. The maximum absolute atomic E-state index is 10.4. The predicted molar refractivity (Wildman–Crippen MR) is 50.0 cm³/mol. The van der Waals surface area contributed by atoms with Gasteiger partial charge in [0.15, 0.2) is 5.75 Å². The van der Waals surface area contributed by atoms with Crippen LogP contribution in [0.3, 0.4) is 0 Å². The van der Waals surface area contributed by atoms with E-state index in [0.29, 0.717) is 5.02 Å². The Labute approximate surface area is 135 Å². The molecule has 0 unspecified atom stereocenters. The van der Waals surface area contributed by atoms with Crippen LogP contribution in [0.1, 0.15) is 8.35 Å². The summed E-state index contributed by atoms with van der Waals surface area (Å²) in [4.78, 5) is 19.3. The van der Waals surface area contributed by atoms with Gasteiger partial charge in [0.05, 0.1) is 5.02 Å². The maximum Gasteiger partial charge on any atom is 1.00 e. The average molecular weight is 261 g/mol. The van der Waals surface area contributed by atoms with Gasteiger partial charge in [-0.2, -0.15) is 0 Å². The van der Waals surface area contributed by atoms with Gasteiger partial charge in [0.2, 0.25) is 0 Å². The minimum Gasteiger partial charge on any atom is -1.00 e. The number of carbonyl (C=O) groups is 1. The minimum atomic E-state index is -0.550. The van der Waals surface area contributed by atoms with Crippen LogP contribution in [0, 0.1) is 0 Å². The molecule has 0 heterocycles. The van der Waals surface area contributed by atoms with Gasteiger partial charge in [0.25, 0.3) is 0 Å². The van der Waals surface area contributed by atoms with E-state index in [1.54, 1.807) is 6.07 Å². The van der Waals surface area contributed by atoms with Crippen molar-refractivity contribution in [3.63, 3.8) is 0 Å². The molecule has 6 heteroatoms. The van der Waals surface area contributed by atoms with Gasteiger partial charge in [-0.1, -0.05) is 23.2 Å². The molecule has 72 valence electrons. The molecule has 14 heavy (non-hydrogen) atoms. The van der Waals surface area contributed by atoms with Gasteiger partial charge in [-0.25, -0.2) is 4.79 Å². The Balaban J connectivity index is 0. The number of carbonyl (C=O) groups excluding carboxylic acids is 1. The molecule has 0 saturated heterocycles. The minimum absolute atomic E-state index is 0. The van der Waals surface area contributed by atoms with E-state index >= 15 is 0 Å². The van der Waals surface area contributed by atoms with Gasteiger partial charge >= 0.3 is 57.4 Å². The molecule has 0 fully saturated rings. The van der Waals surface area contributed by atoms with Crippen LogP contribution in [-0.2, 0) is 9.68 Å². The van der Waals surface area contributed by atoms with Gasteiger partial charge in [0, 0.05) is 11.9 Å². The normalized spacial score (nSPS) is 8.79. The molecule has 3 nitrogen and oxygen atoms in total. The summed E-state index contributed by atoms with van der Waals surface area (Å²) in [5.41, 5.74) is 0. The topological polar surface area (TPSA) is 35.5 Å². The molecule has 0 radical (unpaired) electrons. The van der Waals surface area contributed by atoms with Crippen molar-refractivity contribution in [3.8, 4) is 5.75 Å². The van der Waals surface area contributed by atoms with Crippen molar-refractivity contribution < 1.29 is 67.4 Å². The predicted octanol–water partition coefficient (Wildman–Crippen LogP) is -0.0332. The molecule has 0 saturated carbocycles. The van der Waals surface area contributed by atoms with Crippen molar-refractivity contribution in [2.24, 2.45) is 0 Å². The van der Waals surface area contributed by atoms with E-state index in [1.807, 2.05) is 0 Å². The third-order valence-electron chi connectivity index (χ3n) is 1.14. The SMILES string of the molecule is CC(=O)OOc1ccc(Cl)cc1Cl.[H-].[K+]. The first kappa shape index (κ1) is 14.7. The molecule has 0 atom stereocenters. The Hall–Kier alpha value is 0.706. The molecule has 0 N–H and O–H groups in total. The van der Waals surface area contributed by atoms with Crippen LogP contribution in [0.2, 0.25) is 10.0 Å². The Morgan fingerprint density at radius 2 is 2.07 bits per heavy atom. The quantitative estimate of drug-likeness (QED) is 0.426. The van der Waals surface area contributed by atoms with Crippen molar-refractivity contribution in [2.75, 3.05) is 0 Å². The fourth-order valence-electron chi connectivity index (χ4n) is 0.646. The number of hydrogen-bond donors (Lipinski definition) is 0. The van der Waals surface area contributed by atoms with Crippen LogP contribution in [0.25, 0.3) is 0 Å². The molecule has 1 aromatic carbocycles. The molecule has 1 rings (SSSR count). The molecule has 0 aliphatic rings. The van der Waals surface area contributed by atoms with Crippen LogP contribution in [0.5, 0.6) is 5.75 Å². The molecule has 0 bridgehead atoms. The summed E-state index contributed by atoms with van der Waals surface area (Å²) in [6.07, 6.45) is 0. The summed E-state index contributed by atoms with van der Waals surface area (Å²) < 4.78 is 0. The van der Waals surface area contributed by atoms with Crippen molar-refractivity contribution >= 4 is 29.2 Å². The summed E-state index contributed by atoms with van der Waals surface area (Å²) in [5.74, 6) is -0.299. The number of halogens is 2. The van der Waals surface area contributed by atoms with Crippen molar-refractivity contribution in [3.05, 3.63) is 28.2 Å². The van der Waals surface area contributed by atoms with Crippen molar-refractivity contribution in [1.82, 2.24) is 0 Å². The number of rotatable bonds is 2. The largest absolute Gasteiger partial charge is 1.00 e. The van der Waals surface area contributed by atoms with Gasteiger partial charge < -0.3 is 1.43 Å². The van der Waals surface area contributed by atoms with Gasteiger partial charge in [0.1, 0.15) is 0 Å². The zero-order chi connectivity index (χ0) is 9.84. The average Bonchev–Trinajstić information content (AvgIpc) is 2.02. The molecule has 0 spiro atoms. The molecular weight excluding hydrogens is 254 g/mol. The molecular formula is C8H7Cl2KO3. The van der Waals surface area contributed by atoms with Crippen LogP contribution in [-0.4, -0.2) is 5.97 Å². The number of benzene rings is 1. The monoisotopic (exact) mass is 260 g/mol. The first-order chi connectivity index (χ1) is 6.09. The molecule has 0 aliphatic carbocycles. The first-order valence-corrected chi connectivity index (χ1v) is 4.15. The summed E-state index contributed by atoms with van der Waals surface area (Å²) in [7, 11) is 0. The smallest absolute Gasteiger partial charge is 1.00 e. The Morgan fingerprint density at radius 3 is 2.57 bits per heavy atom. The third kappa shape index (κ3) is 4.98. The summed E-state index contributed by atoms with van der Waals surface area (Å²) in [5, 5.41) is 0.772.